The quantitative estimate of drug-likeness (QED) is 0.404. The molecule has 2 N–H and O–H groups in total. The third-order valence-corrected chi connectivity index (χ3v) is 6.48. The van der Waals surface area contributed by atoms with E-state index in [4.69, 9.17) is 16.7 Å². The van der Waals surface area contributed by atoms with Crippen LogP contribution in [0.2, 0.25) is 5.02 Å². The minimum Gasteiger partial charge on any atom is -0.481 e. The van der Waals surface area contributed by atoms with Gasteiger partial charge in [-0.05, 0) is 73.1 Å². The van der Waals surface area contributed by atoms with Crippen molar-refractivity contribution in [2.24, 2.45) is 11.3 Å². The van der Waals surface area contributed by atoms with Crippen LogP contribution in [0.4, 0.5) is 4.79 Å². The average molecular weight is 463 g/mol. The number of aliphatic carboxylic acids is 1. The Morgan fingerprint density at radius 3 is 2.50 bits per heavy atom. The highest BCUT2D eigenvalue weighted by Gasteiger charge is 2.38. The largest absolute Gasteiger partial charge is 0.481 e. The van der Waals surface area contributed by atoms with Gasteiger partial charge in [0.05, 0.1) is 5.54 Å². The van der Waals surface area contributed by atoms with Gasteiger partial charge in [-0.25, -0.2) is 4.79 Å². The summed E-state index contributed by atoms with van der Waals surface area (Å²) in [4.78, 5) is 25.4. The van der Waals surface area contributed by atoms with Crippen molar-refractivity contribution >= 4 is 23.6 Å². The molecule has 0 spiro atoms. The van der Waals surface area contributed by atoms with Gasteiger partial charge in [0.1, 0.15) is 0 Å². The Hall–Kier alpha value is -2.01. The lowest BCUT2D eigenvalue weighted by atomic mass is 9.80. The number of halogens is 1. The molecular weight excluding hydrogens is 424 g/mol. The van der Waals surface area contributed by atoms with Gasteiger partial charge >= 0.3 is 12.0 Å². The van der Waals surface area contributed by atoms with Crippen LogP contribution in [-0.4, -0.2) is 28.6 Å². The second-order valence-corrected chi connectivity index (χ2v) is 11.1. The molecule has 1 atom stereocenters. The number of nitrogens with zero attached hydrogens (tertiary/aromatic N) is 1. The number of carbonyl (C=O) groups is 2. The molecule has 0 unspecified atom stereocenters. The molecule has 5 nitrogen and oxygen atoms in total. The number of nitrogens with one attached hydrogen (secondary N) is 1. The zero-order chi connectivity index (χ0) is 24.1. The number of benzene rings is 1. The van der Waals surface area contributed by atoms with E-state index < -0.39 is 11.5 Å². The van der Waals surface area contributed by atoms with E-state index in [-0.39, 0.29) is 17.9 Å². The molecule has 1 aliphatic rings. The number of carbonyl (C=O) groups excluding carboxylic acids is 1. The number of rotatable bonds is 10. The highest BCUT2D eigenvalue weighted by molar-refractivity contribution is 6.31. The molecule has 6 heteroatoms. The summed E-state index contributed by atoms with van der Waals surface area (Å²) in [6.45, 7) is 13.5. The SMILES string of the molecule is CC(C)CCC1=CN(CCCC(=O)O)C(=O)N[C@]1(C)c1ccc(CCC(C)(C)C)c(Cl)c1. The van der Waals surface area contributed by atoms with Crippen LogP contribution in [0.25, 0.3) is 0 Å². The monoisotopic (exact) mass is 462 g/mol. The second-order valence-electron chi connectivity index (χ2n) is 10.7. The van der Waals surface area contributed by atoms with Crippen molar-refractivity contribution in [1.29, 1.82) is 0 Å². The van der Waals surface area contributed by atoms with Gasteiger partial charge in [-0.3, -0.25) is 4.79 Å². The lowest BCUT2D eigenvalue weighted by Gasteiger charge is -2.41. The summed E-state index contributed by atoms with van der Waals surface area (Å²) >= 11 is 6.68. The van der Waals surface area contributed by atoms with Gasteiger partial charge in [0.25, 0.3) is 0 Å². The van der Waals surface area contributed by atoms with Crippen LogP contribution < -0.4 is 5.32 Å². The number of urea groups is 1. The van der Waals surface area contributed by atoms with E-state index in [0.717, 1.165) is 47.4 Å². The Bertz CT molecular complexity index is 857. The first-order chi connectivity index (χ1) is 14.8. The molecule has 1 aromatic rings. The first-order valence-corrected chi connectivity index (χ1v) is 12.0. The van der Waals surface area contributed by atoms with Crippen molar-refractivity contribution in [1.82, 2.24) is 10.2 Å². The Morgan fingerprint density at radius 2 is 1.94 bits per heavy atom. The summed E-state index contributed by atoms with van der Waals surface area (Å²) < 4.78 is 0. The summed E-state index contributed by atoms with van der Waals surface area (Å²) in [6, 6.07) is 5.94. The van der Waals surface area contributed by atoms with Gasteiger partial charge in [-0.15, -0.1) is 0 Å². The van der Waals surface area contributed by atoms with Gasteiger partial charge in [0.2, 0.25) is 0 Å². The summed E-state index contributed by atoms with van der Waals surface area (Å²) in [6.07, 6.45) is 6.18. The summed E-state index contributed by atoms with van der Waals surface area (Å²) in [7, 11) is 0. The maximum absolute atomic E-state index is 12.9. The zero-order valence-electron chi connectivity index (χ0n) is 20.4. The maximum atomic E-state index is 12.9. The molecule has 0 saturated heterocycles. The van der Waals surface area contributed by atoms with Crippen LogP contribution in [0, 0.1) is 11.3 Å². The zero-order valence-corrected chi connectivity index (χ0v) is 21.2. The summed E-state index contributed by atoms with van der Waals surface area (Å²) in [5.41, 5.74) is 2.79. The molecule has 0 fully saturated rings. The fourth-order valence-corrected chi connectivity index (χ4v) is 4.17. The van der Waals surface area contributed by atoms with Crippen LogP contribution in [0.15, 0.2) is 30.0 Å². The molecule has 2 amide bonds. The van der Waals surface area contributed by atoms with Gasteiger partial charge in [0.15, 0.2) is 0 Å². The fourth-order valence-electron chi connectivity index (χ4n) is 3.90. The van der Waals surface area contributed by atoms with Gasteiger partial charge < -0.3 is 15.3 Å². The van der Waals surface area contributed by atoms with E-state index in [1.54, 1.807) is 4.90 Å². The highest BCUT2D eigenvalue weighted by Crippen LogP contribution is 2.38. The molecule has 32 heavy (non-hydrogen) atoms. The fraction of sp³-hybridized carbons (Fsp3) is 0.615. The number of carboxylic acids is 1. The number of hydrogen-bond acceptors (Lipinski definition) is 2. The molecule has 1 heterocycles. The lowest BCUT2D eigenvalue weighted by Crippen LogP contribution is -2.54. The molecule has 0 bridgehead atoms. The molecular formula is C26H39ClN2O3. The van der Waals surface area contributed by atoms with Crippen molar-refractivity contribution in [3.05, 3.63) is 46.1 Å². The van der Waals surface area contributed by atoms with E-state index in [1.807, 2.05) is 19.2 Å². The molecule has 0 radical (unpaired) electrons. The molecule has 178 valence electrons. The standard InChI is InChI=1S/C26H39ClN2O3/c1-18(2)9-11-21-17-29(15-7-8-23(30)31)24(32)28-26(21,6)20-12-10-19(22(27)16-20)13-14-25(3,4)5/h10,12,16-18H,7-9,11,13-15H2,1-6H3,(H,28,32)(H,30,31)/t26-/m1/s1. The molecule has 0 saturated carbocycles. The Morgan fingerprint density at radius 1 is 1.25 bits per heavy atom. The van der Waals surface area contributed by atoms with Crippen LogP contribution >= 0.6 is 11.6 Å². The van der Waals surface area contributed by atoms with Crippen molar-refractivity contribution in [2.45, 2.75) is 85.6 Å². The number of amides is 2. The predicted molar refractivity (Wildman–Crippen MR) is 131 cm³/mol. The van der Waals surface area contributed by atoms with Crippen LogP contribution in [-0.2, 0) is 16.8 Å². The van der Waals surface area contributed by atoms with E-state index in [0.29, 0.717) is 18.9 Å². The third-order valence-electron chi connectivity index (χ3n) is 6.13. The minimum atomic E-state index is -0.850. The number of carboxylic acid groups (broad SMARTS) is 1. The van der Waals surface area contributed by atoms with Crippen molar-refractivity contribution in [3.8, 4) is 0 Å². The normalized spacial score (nSPS) is 19.2. The minimum absolute atomic E-state index is 0.0435. The second kappa shape index (κ2) is 10.7. The smallest absolute Gasteiger partial charge is 0.322 e. The Balaban J connectivity index is 2.32. The molecule has 0 aromatic heterocycles. The van der Waals surface area contributed by atoms with E-state index in [1.165, 1.54) is 0 Å². The number of hydrogen-bond donors (Lipinski definition) is 2. The van der Waals surface area contributed by atoms with E-state index >= 15 is 0 Å². The molecule has 1 aromatic carbocycles. The number of aryl methyl sites for hydroxylation is 1. The van der Waals surface area contributed by atoms with Gasteiger partial charge in [0, 0.05) is 24.2 Å². The molecule has 1 aliphatic heterocycles. The first kappa shape index (κ1) is 26.2. The van der Waals surface area contributed by atoms with Crippen LogP contribution in [0.5, 0.6) is 0 Å². The Kier molecular flexibility index (Phi) is 8.81. The van der Waals surface area contributed by atoms with E-state index in [9.17, 15) is 9.59 Å². The average Bonchev–Trinajstić information content (AvgIpc) is 2.66. The Labute approximate surface area is 198 Å². The maximum Gasteiger partial charge on any atom is 0.322 e. The highest BCUT2D eigenvalue weighted by atomic mass is 35.5. The topological polar surface area (TPSA) is 69.6 Å². The first-order valence-electron chi connectivity index (χ1n) is 11.6. The lowest BCUT2D eigenvalue weighted by molar-refractivity contribution is -0.137. The van der Waals surface area contributed by atoms with Crippen molar-refractivity contribution in [3.63, 3.8) is 0 Å². The van der Waals surface area contributed by atoms with Gasteiger partial charge in [-0.1, -0.05) is 58.4 Å². The van der Waals surface area contributed by atoms with Crippen LogP contribution in [0.1, 0.15) is 84.8 Å². The van der Waals surface area contributed by atoms with Gasteiger partial charge in [-0.2, -0.15) is 0 Å². The van der Waals surface area contributed by atoms with E-state index in [2.05, 4.69) is 52.1 Å². The molecule has 2 rings (SSSR count). The van der Waals surface area contributed by atoms with Crippen molar-refractivity contribution in [2.75, 3.05) is 6.54 Å². The van der Waals surface area contributed by atoms with Crippen LogP contribution in [0.3, 0.4) is 0 Å². The molecule has 0 aliphatic carbocycles. The summed E-state index contributed by atoms with van der Waals surface area (Å²) in [5.74, 6) is -0.320. The predicted octanol–water partition coefficient (Wildman–Crippen LogP) is 6.74. The van der Waals surface area contributed by atoms with Crippen molar-refractivity contribution < 1.29 is 14.7 Å². The third kappa shape index (κ3) is 7.26. The summed E-state index contributed by atoms with van der Waals surface area (Å²) in [5, 5.41) is 12.8.